The molecule has 20 heavy (non-hydrogen) atoms. The van der Waals surface area contributed by atoms with Gasteiger partial charge in [-0.25, -0.2) is 4.98 Å². The molecule has 1 unspecified atom stereocenters. The van der Waals surface area contributed by atoms with Gasteiger partial charge in [0.1, 0.15) is 11.6 Å². The van der Waals surface area contributed by atoms with Gasteiger partial charge in [0.05, 0.1) is 21.8 Å². The van der Waals surface area contributed by atoms with Crippen molar-refractivity contribution in [3.05, 3.63) is 16.1 Å². The zero-order chi connectivity index (χ0) is 14.9. The second-order valence-corrected chi connectivity index (χ2v) is 6.54. The zero-order valence-electron chi connectivity index (χ0n) is 12.3. The minimum Gasteiger partial charge on any atom is -0.369 e. The highest BCUT2D eigenvalue weighted by atomic mass is 35.5. The average Bonchev–Trinajstić information content (AvgIpc) is 2.30. The molecule has 0 saturated carbocycles. The Bertz CT molecular complexity index is 494. The number of anilines is 2. The molecule has 112 valence electrons. The third-order valence-electron chi connectivity index (χ3n) is 3.12. The summed E-state index contributed by atoms with van der Waals surface area (Å²) >= 11 is 12.5. The molecule has 4 nitrogen and oxygen atoms in total. The van der Waals surface area contributed by atoms with Gasteiger partial charge in [0.25, 0.3) is 0 Å². The van der Waals surface area contributed by atoms with E-state index in [0.29, 0.717) is 15.9 Å². The molecule has 0 radical (unpaired) electrons. The van der Waals surface area contributed by atoms with Crippen molar-refractivity contribution in [2.45, 2.75) is 39.4 Å². The standard InChI is InChI=1S/C14H21Cl2N3O/c1-5-17-12-10(15)6-11(16)13(18-12)19-7-9(2)20-14(3,4)8-19/h6,9H,5,7-8H2,1-4H3,(H,17,18). The third kappa shape index (κ3) is 3.48. The van der Waals surface area contributed by atoms with Crippen molar-refractivity contribution in [3.8, 4) is 0 Å². The first-order valence-corrected chi connectivity index (χ1v) is 7.60. The number of aromatic nitrogens is 1. The number of rotatable bonds is 3. The molecule has 0 spiro atoms. The maximum atomic E-state index is 6.32. The van der Waals surface area contributed by atoms with Crippen molar-refractivity contribution < 1.29 is 4.74 Å². The third-order valence-corrected chi connectivity index (χ3v) is 3.69. The van der Waals surface area contributed by atoms with E-state index in [0.717, 1.165) is 25.5 Å². The van der Waals surface area contributed by atoms with Crippen LogP contribution in [0.5, 0.6) is 0 Å². The van der Waals surface area contributed by atoms with Crippen LogP contribution in [-0.2, 0) is 4.74 Å². The largest absolute Gasteiger partial charge is 0.369 e. The molecule has 0 bridgehead atoms. The molecule has 1 fully saturated rings. The highest BCUT2D eigenvalue weighted by molar-refractivity contribution is 6.37. The van der Waals surface area contributed by atoms with E-state index in [4.69, 9.17) is 27.9 Å². The summed E-state index contributed by atoms with van der Waals surface area (Å²) in [5, 5.41) is 4.27. The van der Waals surface area contributed by atoms with Crippen molar-refractivity contribution in [3.63, 3.8) is 0 Å². The van der Waals surface area contributed by atoms with Gasteiger partial charge >= 0.3 is 0 Å². The Labute approximate surface area is 130 Å². The Morgan fingerprint density at radius 2 is 2.15 bits per heavy atom. The van der Waals surface area contributed by atoms with Crippen LogP contribution in [0.15, 0.2) is 6.07 Å². The first-order valence-electron chi connectivity index (χ1n) is 6.85. The minimum atomic E-state index is -0.222. The molecule has 1 N–H and O–H groups in total. The van der Waals surface area contributed by atoms with E-state index in [1.54, 1.807) is 6.07 Å². The van der Waals surface area contributed by atoms with Crippen molar-refractivity contribution >= 4 is 34.8 Å². The van der Waals surface area contributed by atoms with Crippen LogP contribution in [0.4, 0.5) is 11.6 Å². The molecule has 1 atom stereocenters. The zero-order valence-corrected chi connectivity index (χ0v) is 13.8. The topological polar surface area (TPSA) is 37.4 Å². The van der Waals surface area contributed by atoms with E-state index >= 15 is 0 Å². The molecule has 1 aromatic heterocycles. The highest BCUT2D eigenvalue weighted by Gasteiger charge is 2.33. The van der Waals surface area contributed by atoms with Gasteiger partial charge in [0, 0.05) is 19.6 Å². The van der Waals surface area contributed by atoms with Gasteiger partial charge in [0.15, 0.2) is 0 Å². The van der Waals surface area contributed by atoms with Crippen LogP contribution in [0.25, 0.3) is 0 Å². The predicted molar refractivity (Wildman–Crippen MR) is 85.3 cm³/mol. The van der Waals surface area contributed by atoms with Crippen molar-refractivity contribution in [1.82, 2.24) is 4.98 Å². The molecule has 1 aliphatic heterocycles. The summed E-state index contributed by atoms with van der Waals surface area (Å²) in [4.78, 5) is 6.74. The smallest absolute Gasteiger partial charge is 0.150 e. The summed E-state index contributed by atoms with van der Waals surface area (Å²) in [7, 11) is 0. The Morgan fingerprint density at radius 1 is 1.45 bits per heavy atom. The maximum absolute atomic E-state index is 6.32. The number of morpholine rings is 1. The Hall–Kier alpha value is -0.710. The van der Waals surface area contributed by atoms with Gasteiger partial charge in [-0.2, -0.15) is 0 Å². The predicted octanol–water partition coefficient (Wildman–Crippen LogP) is 3.82. The lowest BCUT2D eigenvalue weighted by molar-refractivity contribution is -0.0751. The van der Waals surface area contributed by atoms with Crippen LogP contribution in [0.1, 0.15) is 27.7 Å². The van der Waals surface area contributed by atoms with Gasteiger partial charge < -0.3 is 15.0 Å². The number of nitrogens with one attached hydrogen (secondary N) is 1. The summed E-state index contributed by atoms with van der Waals surface area (Å²) in [6.45, 7) is 10.5. The monoisotopic (exact) mass is 317 g/mol. The molecule has 1 saturated heterocycles. The average molecular weight is 318 g/mol. The number of nitrogens with zero attached hydrogens (tertiary/aromatic N) is 2. The number of hydrogen-bond acceptors (Lipinski definition) is 4. The van der Waals surface area contributed by atoms with Gasteiger partial charge in [0.2, 0.25) is 0 Å². The van der Waals surface area contributed by atoms with E-state index in [1.807, 2.05) is 6.92 Å². The maximum Gasteiger partial charge on any atom is 0.150 e. The van der Waals surface area contributed by atoms with E-state index in [-0.39, 0.29) is 11.7 Å². The summed E-state index contributed by atoms with van der Waals surface area (Å²) < 4.78 is 5.91. The van der Waals surface area contributed by atoms with Gasteiger partial charge in [-0.1, -0.05) is 23.2 Å². The van der Waals surface area contributed by atoms with Gasteiger partial charge in [-0.3, -0.25) is 0 Å². The molecule has 2 rings (SSSR count). The Kier molecular flexibility index (Phi) is 4.67. The summed E-state index contributed by atoms with van der Waals surface area (Å²) in [5.74, 6) is 1.43. The van der Waals surface area contributed by atoms with E-state index in [1.165, 1.54) is 0 Å². The highest BCUT2D eigenvalue weighted by Crippen LogP contribution is 2.34. The van der Waals surface area contributed by atoms with Gasteiger partial charge in [-0.15, -0.1) is 0 Å². The molecule has 1 aliphatic rings. The van der Waals surface area contributed by atoms with Crippen LogP contribution in [0.3, 0.4) is 0 Å². The van der Waals surface area contributed by atoms with Gasteiger partial charge in [-0.05, 0) is 33.8 Å². The second-order valence-electron chi connectivity index (χ2n) is 5.72. The van der Waals surface area contributed by atoms with E-state index < -0.39 is 0 Å². The van der Waals surface area contributed by atoms with Crippen molar-refractivity contribution in [2.75, 3.05) is 29.9 Å². The van der Waals surface area contributed by atoms with Crippen LogP contribution in [0, 0.1) is 0 Å². The van der Waals surface area contributed by atoms with Crippen LogP contribution >= 0.6 is 23.2 Å². The fourth-order valence-electron chi connectivity index (χ4n) is 2.59. The number of hydrogen-bond donors (Lipinski definition) is 1. The lowest BCUT2D eigenvalue weighted by Gasteiger charge is -2.42. The van der Waals surface area contributed by atoms with Crippen LogP contribution in [-0.4, -0.2) is 36.3 Å². The molecule has 2 heterocycles. The molecule has 6 heteroatoms. The van der Waals surface area contributed by atoms with Crippen molar-refractivity contribution in [1.29, 1.82) is 0 Å². The second kappa shape index (κ2) is 5.96. The lowest BCUT2D eigenvalue weighted by Crippen LogP contribution is -2.52. The fraction of sp³-hybridized carbons (Fsp3) is 0.643. The van der Waals surface area contributed by atoms with Crippen LogP contribution in [0.2, 0.25) is 10.0 Å². The lowest BCUT2D eigenvalue weighted by atomic mass is 10.1. The SMILES string of the molecule is CCNc1nc(N2CC(C)OC(C)(C)C2)c(Cl)cc1Cl. The first kappa shape index (κ1) is 15.7. The Balaban J connectivity index is 2.33. The normalized spacial score (nSPS) is 21.9. The number of halogens is 2. The quantitative estimate of drug-likeness (QED) is 0.919. The molecule has 0 aliphatic carbocycles. The van der Waals surface area contributed by atoms with E-state index in [9.17, 15) is 0 Å². The molecular formula is C14H21Cl2N3O. The molecule has 0 amide bonds. The summed E-state index contributed by atoms with van der Waals surface area (Å²) in [6.07, 6.45) is 0.134. The van der Waals surface area contributed by atoms with E-state index in [2.05, 4.69) is 36.0 Å². The summed E-state index contributed by atoms with van der Waals surface area (Å²) in [6, 6.07) is 1.75. The fourth-order valence-corrected chi connectivity index (χ4v) is 3.13. The first-order chi connectivity index (χ1) is 9.32. The van der Waals surface area contributed by atoms with Crippen molar-refractivity contribution in [2.24, 2.45) is 0 Å². The number of ether oxygens (including phenoxy) is 1. The Morgan fingerprint density at radius 3 is 2.75 bits per heavy atom. The number of pyridine rings is 1. The minimum absolute atomic E-state index is 0.134. The molecule has 0 aromatic carbocycles. The molecule has 1 aromatic rings. The molecular weight excluding hydrogens is 297 g/mol. The summed E-state index contributed by atoms with van der Waals surface area (Å²) in [5.41, 5.74) is -0.222. The van der Waals surface area contributed by atoms with Crippen LogP contribution < -0.4 is 10.2 Å².